The van der Waals surface area contributed by atoms with Gasteiger partial charge in [-0.3, -0.25) is 4.99 Å². The third-order valence-electron chi connectivity index (χ3n) is 3.64. The predicted octanol–water partition coefficient (Wildman–Crippen LogP) is 3.59. The number of halogens is 1. The van der Waals surface area contributed by atoms with Crippen molar-refractivity contribution in [1.82, 2.24) is 10.6 Å². The molecule has 3 nitrogen and oxygen atoms in total. The van der Waals surface area contributed by atoms with Gasteiger partial charge in [0.2, 0.25) is 0 Å². The molecule has 2 rings (SSSR count). The molecule has 0 saturated heterocycles. The SMILES string of the molecule is CCNC(=NCC1CC1)NC(C)CCc1ccccc1.I. The maximum Gasteiger partial charge on any atom is 0.191 e. The van der Waals surface area contributed by atoms with Crippen LogP contribution in [0.5, 0.6) is 0 Å². The second kappa shape index (κ2) is 10.0. The van der Waals surface area contributed by atoms with Gasteiger partial charge in [-0.2, -0.15) is 0 Å². The normalized spacial score (nSPS) is 16.0. The number of benzene rings is 1. The first-order chi connectivity index (χ1) is 9.78. The van der Waals surface area contributed by atoms with E-state index in [1.54, 1.807) is 0 Å². The first kappa shape index (κ1) is 18.3. The van der Waals surface area contributed by atoms with Crippen LogP contribution in [0.2, 0.25) is 0 Å². The highest BCUT2D eigenvalue weighted by atomic mass is 127. The van der Waals surface area contributed by atoms with Crippen molar-refractivity contribution in [2.45, 2.75) is 45.6 Å². The van der Waals surface area contributed by atoms with Gasteiger partial charge in [-0.25, -0.2) is 0 Å². The summed E-state index contributed by atoms with van der Waals surface area (Å²) in [5.74, 6) is 1.81. The van der Waals surface area contributed by atoms with Gasteiger partial charge in [0.25, 0.3) is 0 Å². The van der Waals surface area contributed by atoms with Crippen LogP contribution in [-0.4, -0.2) is 25.1 Å². The lowest BCUT2D eigenvalue weighted by Crippen LogP contribution is -2.42. The molecule has 1 aliphatic rings. The van der Waals surface area contributed by atoms with E-state index in [9.17, 15) is 0 Å². The summed E-state index contributed by atoms with van der Waals surface area (Å²) in [6.07, 6.45) is 4.94. The van der Waals surface area contributed by atoms with Crippen LogP contribution >= 0.6 is 24.0 Å². The molecule has 1 atom stereocenters. The summed E-state index contributed by atoms with van der Waals surface area (Å²) in [6.45, 7) is 6.23. The minimum absolute atomic E-state index is 0. The minimum Gasteiger partial charge on any atom is -0.357 e. The van der Waals surface area contributed by atoms with Crippen molar-refractivity contribution in [3.05, 3.63) is 35.9 Å². The largest absolute Gasteiger partial charge is 0.357 e. The van der Waals surface area contributed by atoms with E-state index in [0.717, 1.165) is 37.8 Å². The fourth-order valence-electron chi connectivity index (χ4n) is 2.17. The summed E-state index contributed by atoms with van der Waals surface area (Å²) in [4.78, 5) is 4.66. The minimum atomic E-state index is 0. The van der Waals surface area contributed by atoms with E-state index in [1.165, 1.54) is 18.4 Å². The average molecular weight is 401 g/mol. The molecule has 0 amide bonds. The lowest BCUT2D eigenvalue weighted by atomic mass is 10.1. The van der Waals surface area contributed by atoms with Crippen molar-refractivity contribution in [1.29, 1.82) is 0 Å². The molecule has 2 N–H and O–H groups in total. The van der Waals surface area contributed by atoms with Gasteiger partial charge in [-0.05, 0) is 51.0 Å². The second-order valence-corrected chi connectivity index (χ2v) is 5.73. The van der Waals surface area contributed by atoms with Crippen LogP contribution < -0.4 is 10.6 Å². The van der Waals surface area contributed by atoms with Gasteiger partial charge in [0, 0.05) is 19.1 Å². The Morgan fingerprint density at radius 1 is 1.29 bits per heavy atom. The standard InChI is InChI=1S/C17H27N3.HI/c1-3-18-17(19-13-16-11-12-16)20-14(2)9-10-15-7-5-4-6-8-15;/h4-8,14,16H,3,9-13H2,1-2H3,(H2,18,19,20);1H. The molecule has 21 heavy (non-hydrogen) atoms. The number of aliphatic imine (C=N–C) groups is 1. The summed E-state index contributed by atoms with van der Waals surface area (Å²) < 4.78 is 0. The van der Waals surface area contributed by atoms with Gasteiger partial charge >= 0.3 is 0 Å². The molecule has 0 aromatic heterocycles. The van der Waals surface area contributed by atoms with E-state index in [-0.39, 0.29) is 24.0 Å². The first-order valence-electron chi connectivity index (χ1n) is 7.86. The Bertz CT molecular complexity index is 415. The Balaban J connectivity index is 0.00000220. The average Bonchev–Trinajstić information content (AvgIpc) is 3.28. The van der Waals surface area contributed by atoms with E-state index in [4.69, 9.17) is 0 Å². The van der Waals surface area contributed by atoms with Crippen molar-refractivity contribution in [3.63, 3.8) is 0 Å². The lowest BCUT2D eigenvalue weighted by molar-refractivity contribution is 0.592. The molecule has 0 aliphatic heterocycles. The number of nitrogens with zero attached hydrogens (tertiary/aromatic N) is 1. The van der Waals surface area contributed by atoms with Crippen molar-refractivity contribution >= 4 is 29.9 Å². The number of rotatable bonds is 7. The Labute approximate surface area is 146 Å². The highest BCUT2D eigenvalue weighted by Crippen LogP contribution is 2.28. The maximum absolute atomic E-state index is 4.66. The lowest BCUT2D eigenvalue weighted by Gasteiger charge is -2.17. The molecule has 1 unspecified atom stereocenters. The zero-order chi connectivity index (χ0) is 14.2. The first-order valence-corrected chi connectivity index (χ1v) is 7.86. The molecule has 4 heteroatoms. The summed E-state index contributed by atoms with van der Waals surface area (Å²) in [6, 6.07) is 11.1. The van der Waals surface area contributed by atoms with Crippen LogP contribution in [0.25, 0.3) is 0 Å². The van der Waals surface area contributed by atoms with Crippen LogP contribution in [0.1, 0.15) is 38.7 Å². The molecule has 1 aliphatic carbocycles. The molecular formula is C17H28IN3. The molecule has 0 spiro atoms. The van der Waals surface area contributed by atoms with Crippen molar-refractivity contribution in [2.24, 2.45) is 10.9 Å². The smallest absolute Gasteiger partial charge is 0.191 e. The Morgan fingerprint density at radius 3 is 2.62 bits per heavy atom. The van der Waals surface area contributed by atoms with Crippen molar-refractivity contribution < 1.29 is 0 Å². The molecule has 0 heterocycles. The highest BCUT2D eigenvalue weighted by molar-refractivity contribution is 14.0. The fraction of sp³-hybridized carbons (Fsp3) is 0.588. The van der Waals surface area contributed by atoms with Gasteiger partial charge in [-0.15, -0.1) is 24.0 Å². The monoisotopic (exact) mass is 401 g/mol. The fourth-order valence-corrected chi connectivity index (χ4v) is 2.17. The Morgan fingerprint density at radius 2 is 2.00 bits per heavy atom. The number of aryl methyl sites for hydroxylation is 1. The quantitative estimate of drug-likeness (QED) is 0.416. The molecule has 1 fully saturated rings. The molecule has 118 valence electrons. The van der Waals surface area contributed by atoms with E-state index in [2.05, 4.69) is 59.8 Å². The third kappa shape index (κ3) is 7.69. The van der Waals surface area contributed by atoms with Gasteiger partial charge in [0.05, 0.1) is 0 Å². The van der Waals surface area contributed by atoms with Crippen LogP contribution in [0, 0.1) is 5.92 Å². The number of nitrogens with one attached hydrogen (secondary N) is 2. The van der Waals surface area contributed by atoms with Crippen LogP contribution in [0.15, 0.2) is 35.3 Å². The van der Waals surface area contributed by atoms with E-state index in [0.29, 0.717) is 6.04 Å². The topological polar surface area (TPSA) is 36.4 Å². The van der Waals surface area contributed by atoms with Crippen LogP contribution in [0.3, 0.4) is 0 Å². The van der Waals surface area contributed by atoms with E-state index < -0.39 is 0 Å². The molecule has 1 saturated carbocycles. The second-order valence-electron chi connectivity index (χ2n) is 5.73. The summed E-state index contributed by atoms with van der Waals surface area (Å²) in [5.41, 5.74) is 1.40. The molecule has 0 radical (unpaired) electrons. The van der Waals surface area contributed by atoms with Crippen LogP contribution in [0.4, 0.5) is 0 Å². The summed E-state index contributed by atoms with van der Waals surface area (Å²) in [7, 11) is 0. The molecular weight excluding hydrogens is 373 g/mol. The van der Waals surface area contributed by atoms with Gasteiger partial charge in [0.15, 0.2) is 5.96 Å². The summed E-state index contributed by atoms with van der Waals surface area (Å²) >= 11 is 0. The molecule has 1 aromatic rings. The summed E-state index contributed by atoms with van der Waals surface area (Å²) in [5, 5.41) is 6.84. The van der Waals surface area contributed by atoms with Gasteiger partial charge < -0.3 is 10.6 Å². The number of hydrogen-bond donors (Lipinski definition) is 2. The predicted molar refractivity (Wildman–Crippen MR) is 101 cm³/mol. The number of hydrogen-bond acceptors (Lipinski definition) is 1. The van der Waals surface area contributed by atoms with E-state index in [1.807, 2.05) is 0 Å². The zero-order valence-corrected chi connectivity index (χ0v) is 15.5. The Hall–Kier alpha value is -0.780. The third-order valence-corrected chi connectivity index (χ3v) is 3.64. The van der Waals surface area contributed by atoms with E-state index >= 15 is 0 Å². The molecule has 0 bridgehead atoms. The molecule has 1 aromatic carbocycles. The van der Waals surface area contributed by atoms with Gasteiger partial charge in [0.1, 0.15) is 0 Å². The number of guanidine groups is 1. The highest BCUT2D eigenvalue weighted by Gasteiger charge is 2.20. The van der Waals surface area contributed by atoms with Crippen molar-refractivity contribution in [2.75, 3.05) is 13.1 Å². The van der Waals surface area contributed by atoms with Crippen LogP contribution in [-0.2, 0) is 6.42 Å². The zero-order valence-electron chi connectivity index (χ0n) is 13.1. The maximum atomic E-state index is 4.66. The Kier molecular flexibility index (Phi) is 8.73. The van der Waals surface area contributed by atoms with Gasteiger partial charge in [-0.1, -0.05) is 30.3 Å². The van der Waals surface area contributed by atoms with Crippen molar-refractivity contribution in [3.8, 4) is 0 Å².